The smallest absolute Gasteiger partial charge is 0.164 e. The summed E-state index contributed by atoms with van der Waals surface area (Å²) < 4.78 is 2.68. The molecule has 18 heavy (non-hydrogen) atoms. The molecule has 0 atom stereocenters. The minimum atomic E-state index is 0.325. The molecule has 0 bridgehead atoms. The van der Waals surface area contributed by atoms with E-state index >= 15 is 0 Å². The van der Waals surface area contributed by atoms with E-state index in [1.807, 2.05) is 4.68 Å². The molecule has 1 aliphatic rings. The molecule has 96 valence electrons. The highest BCUT2D eigenvalue weighted by Gasteiger charge is 2.24. The fraction of sp³-hybridized carbons (Fsp3) is 0.545. The molecular weight excluding hydrogens is 296 g/mol. The van der Waals surface area contributed by atoms with E-state index in [4.69, 9.17) is 11.5 Å². The second-order valence-electron chi connectivity index (χ2n) is 4.76. The van der Waals surface area contributed by atoms with Crippen molar-refractivity contribution in [3.05, 3.63) is 10.9 Å². The van der Waals surface area contributed by atoms with Crippen molar-refractivity contribution in [3.63, 3.8) is 0 Å². The molecule has 0 aliphatic heterocycles. The van der Waals surface area contributed by atoms with Gasteiger partial charge in [0.05, 0.1) is 11.4 Å². The van der Waals surface area contributed by atoms with E-state index in [0.29, 0.717) is 22.5 Å². The number of halogens is 1. The number of nitrogen functional groups attached to an aromatic ring is 1. The molecule has 1 fully saturated rings. The Labute approximate surface area is 113 Å². The van der Waals surface area contributed by atoms with Crippen LogP contribution in [0.2, 0.25) is 0 Å². The standard InChI is InChI=1S/C11H15BrN6/c12-9-8-10(14)15-5-16-11(8)18(17-9)7-3-1-6(13)2-4-7/h5-7H,1-4,13H2,(H2,14,15,16). The second-order valence-corrected chi connectivity index (χ2v) is 5.51. The largest absolute Gasteiger partial charge is 0.383 e. The zero-order chi connectivity index (χ0) is 12.7. The zero-order valence-corrected chi connectivity index (χ0v) is 11.5. The third kappa shape index (κ3) is 1.87. The highest BCUT2D eigenvalue weighted by atomic mass is 79.9. The number of aromatic nitrogens is 4. The van der Waals surface area contributed by atoms with Crippen molar-refractivity contribution >= 4 is 32.8 Å². The monoisotopic (exact) mass is 310 g/mol. The molecule has 2 heterocycles. The Hall–Kier alpha value is -1.21. The molecule has 1 saturated carbocycles. The van der Waals surface area contributed by atoms with Crippen molar-refractivity contribution in [2.75, 3.05) is 5.73 Å². The van der Waals surface area contributed by atoms with Gasteiger partial charge in [-0.2, -0.15) is 5.10 Å². The lowest BCUT2D eigenvalue weighted by Gasteiger charge is -2.26. The Morgan fingerprint density at radius 2 is 1.94 bits per heavy atom. The first-order valence-electron chi connectivity index (χ1n) is 6.06. The minimum Gasteiger partial charge on any atom is -0.383 e. The Kier molecular flexibility index (Phi) is 2.95. The van der Waals surface area contributed by atoms with Crippen molar-refractivity contribution in [2.24, 2.45) is 5.73 Å². The van der Waals surface area contributed by atoms with Crippen LogP contribution >= 0.6 is 15.9 Å². The quantitative estimate of drug-likeness (QED) is 0.834. The topological polar surface area (TPSA) is 95.6 Å². The van der Waals surface area contributed by atoms with Crippen LogP contribution in [0.4, 0.5) is 5.82 Å². The lowest BCUT2D eigenvalue weighted by atomic mass is 9.92. The summed E-state index contributed by atoms with van der Waals surface area (Å²) in [4.78, 5) is 8.31. The van der Waals surface area contributed by atoms with E-state index < -0.39 is 0 Å². The average molecular weight is 311 g/mol. The van der Waals surface area contributed by atoms with Gasteiger partial charge in [0.1, 0.15) is 16.7 Å². The van der Waals surface area contributed by atoms with Gasteiger partial charge >= 0.3 is 0 Å². The van der Waals surface area contributed by atoms with E-state index in [-0.39, 0.29) is 0 Å². The number of rotatable bonds is 1. The summed E-state index contributed by atoms with van der Waals surface area (Å²) in [6.07, 6.45) is 5.62. The molecule has 3 rings (SSSR count). The predicted molar refractivity (Wildman–Crippen MR) is 72.9 cm³/mol. The summed E-state index contributed by atoms with van der Waals surface area (Å²) in [6.45, 7) is 0. The van der Waals surface area contributed by atoms with Crippen molar-refractivity contribution in [3.8, 4) is 0 Å². The summed E-state index contributed by atoms with van der Waals surface area (Å²) in [5.74, 6) is 0.464. The van der Waals surface area contributed by atoms with Crippen molar-refractivity contribution in [1.29, 1.82) is 0 Å². The highest BCUT2D eigenvalue weighted by molar-refractivity contribution is 9.10. The first-order chi connectivity index (χ1) is 8.66. The van der Waals surface area contributed by atoms with Crippen molar-refractivity contribution < 1.29 is 0 Å². The lowest BCUT2D eigenvalue weighted by molar-refractivity contribution is 0.309. The number of hydrogen-bond acceptors (Lipinski definition) is 5. The summed E-state index contributed by atoms with van der Waals surface area (Å²) in [7, 11) is 0. The van der Waals surface area contributed by atoms with E-state index in [1.54, 1.807) is 0 Å². The maximum absolute atomic E-state index is 5.93. The van der Waals surface area contributed by atoms with E-state index in [9.17, 15) is 0 Å². The van der Waals surface area contributed by atoms with Gasteiger partial charge in [0.25, 0.3) is 0 Å². The van der Waals surface area contributed by atoms with E-state index in [0.717, 1.165) is 36.7 Å². The summed E-state index contributed by atoms with van der Waals surface area (Å²) in [6, 6.07) is 0.680. The first-order valence-corrected chi connectivity index (χ1v) is 6.86. The first kappa shape index (κ1) is 11.9. The van der Waals surface area contributed by atoms with Gasteiger partial charge in [-0.1, -0.05) is 0 Å². The van der Waals surface area contributed by atoms with Gasteiger partial charge in [-0.3, -0.25) is 0 Å². The number of anilines is 1. The van der Waals surface area contributed by atoms with Gasteiger partial charge in [0.15, 0.2) is 5.65 Å². The SMILES string of the molecule is Nc1ncnc2c1c(Br)nn2C1CCC(N)CC1. The van der Waals surface area contributed by atoms with Crippen LogP contribution in [0.15, 0.2) is 10.9 Å². The lowest BCUT2D eigenvalue weighted by Crippen LogP contribution is -2.28. The van der Waals surface area contributed by atoms with Gasteiger partial charge in [-0.15, -0.1) is 0 Å². The number of nitrogens with zero attached hydrogens (tertiary/aromatic N) is 4. The van der Waals surface area contributed by atoms with Crippen LogP contribution in [0.25, 0.3) is 11.0 Å². The van der Waals surface area contributed by atoms with E-state index in [2.05, 4.69) is 31.0 Å². The highest BCUT2D eigenvalue weighted by Crippen LogP contribution is 2.33. The predicted octanol–water partition coefficient (Wildman–Crippen LogP) is 1.61. The summed E-state index contributed by atoms with van der Waals surface area (Å²) in [5.41, 5.74) is 12.6. The molecule has 6 nitrogen and oxygen atoms in total. The molecule has 0 unspecified atom stereocenters. The molecular formula is C11H15BrN6. The van der Waals surface area contributed by atoms with Crippen molar-refractivity contribution in [1.82, 2.24) is 19.7 Å². The van der Waals surface area contributed by atoms with Crippen LogP contribution in [0.1, 0.15) is 31.7 Å². The Bertz CT molecular complexity index is 572. The Morgan fingerprint density at radius 1 is 1.22 bits per heavy atom. The molecule has 2 aromatic rings. The molecule has 7 heteroatoms. The molecule has 0 aromatic carbocycles. The average Bonchev–Trinajstić information content (AvgIpc) is 2.69. The number of fused-ring (bicyclic) bond motifs is 1. The van der Waals surface area contributed by atoms with Gasteiger partial charge < -0.3 is 11.5 Å². The van der Waals surface area contributed by atoms with Crippen LogP contribution in [0.5, 0.6) is 0 Å². The maximum Gasteiger partial charge on any atom is 0.164 e. The Morgan fingerprint density at radius 3 is 2.67 bits per heavy atom. The summed E-state index contributed by atoms with van der Waals surface area (Å²) in [5, 5.41) is 5.31. The molecule has 1 aliphatic carbocycles. The fourth-order valence-electron chi connectivity index (χ4n) is 2.55. The second kappa shape index (κ2) is 4.47. The molecule has 0 saturated heterocycles. The van der Waals surface area contributed by atoms with Gasteiger partial charge in [-0.05, 0) is 41.6 Å². The third-order valence-electron chi connectivity index (χ3n) is 3.56. The number of nitrogens with two attached hydrogens (primary N) is 2. The van der Waals surface area contributed by atoms with Gasteiger partial charge in [-0.25, -0.2) is 14.6 Å². The zero-order valence-electron chi connectivity index (χ0n) is 9.88. The van der Waals surface area contributed by atoms with Crippen LogP contribution in [-0.4, -0.2) is 25.8 Å². The number of hydrogen-bond donors (Lipinski definition) is 2. The molecule has 2 aromatic heterocycles. The maximum atomic E-state index is 5.93. The van der Waals surface area contributed by atoms with Crippen LogP contribution in [0, 0.1) is 0 Å². The summed E-state index contributed by atoms with van der Waals surface area (Å²) >= 11 is 3.43. The molecule has 0 radical (unpaired) electrons. The van der Waals surface area contributed by atoms with Gasteiger partial charge in [0.2, 0.25) is 0 Å². The van der Waals surface area contributed by atoms with Gasteiger partial charge in [0, 0.05) is 6.04 Å². The third-order valence-corrected chi connectivity index (χ3v) is 4.12. The van der Waals surface area contributed by atoms with Crippen LogP contribution in [0.3, 0.4) is 0 Å². The molecule has 4 N–H and O–H groups in total. The molecule has 0 amide bonds. The van der Waals surface area contributed by atoms with Crippen molar-refractivity contribution in [2.45, 2.75) is 37.8 Å². The minimum absolute atomic E-state index is 0.325. The van der Waals surface area contributed by atoms with Crippen LogP contribution < -0.4 is 11.5 Å². The molecule has 0 spiro atoms. The normalized spacial score (nSPS) is 24.6. The van der Waals surface area contributed by atoms with E-state index in [1.165, 1.54) is 6.33 Å². The Balaban J connectivity index is 2.05. The fourth-order valence-corrected chi connectivity index (χ4v) is 3.11. The van der Waals surface area contributed by atoms with Crippen LogP contribution in [-0.2, 0) is 0 Å².